The molecule has 3 aromatic carbocycles. The van der Waals surface area contributed by atoms with Crippen LogP contribution in [0.15, 0.2) is 72.8 Å². The monoisotopic (exact) mass is 590 g/mol. The van der Waals surface area contributed by atoms with Crippen LogP contribution in [0.3, 0.4) is 0 Å². The van der Waals surface area contributed by atoms with Gasteiger partial charge in [0.2, 0.25) is 5.91 Å². The van der Waals surface area contributed by atoms with Gasteiger partial charge in [0, 0.05) is 12.8 Å². The van der Waals surface area contributed by atoms with E-state index in [0.717, 1.165) is 5.56 Å². The summed E-state index contributed by atoms with van der Waals surface area (Å²) in [5.74, 6) is -1.06. The van der Waals surface area contributed by atoms with Gasteiger partial charge >= 0.3 is 12.1 Å². The van der Waals surface area contributed by atoms with Gasteiger partial charge in [0.25, 0.3) is 0 Å². The highest BCUT2D eigenvalue weighted by atomic mass is 16.6. The van der Waals surface area contributed by atoms with Crippen molar-refractivity contribution >= 4 is 18.0 Å². The summed E-state index contributed by atoms with van der Waals surface area (Å²) in [6.07, 6.45) is -0.629. The fourth-order valence-electron chi connectivity index (χ4n) is 4.37. The summed E-state index contributed by atoms with van der Waals surface area (Å²) in [5.41, 5.74) is 1.69. The predicted octanol–water partition coefficient (Wildman–Crippen LogP) is 5.30. The minimum atomic E-state index is -1.11. The number of phenolic OH excluding ortho intramolecular Hbond substituents is 2. The molecule has 230 valence electrons. The highest BCUT2D eigenvalue weighted by Crippen LogP contribution is 2.31. The van der Waals surface area contributed by atoms with Gasteiger partial charge in [0.15, 0.2) is 0 Å². The molecule has 0 aliphatic carbocycles. The second-order valence-corrected chi connectivity index (χ2v) is 12.5. The van der Waals surface area contributed by atoms with Gasteiger partial charge in [-0.25, -0.2) is 9.59 Å². The Kier molecular flexibility index (Phi) is 10.8. The highest BCUT2D eigenvalue weighted by molar-refractivity contribution is 5.90. The topological polar surface area (TPSA) is 134 Å². The molecule has 0 heterocycles. The summed E-state index contributed by atoms with van der Waals surface area (Å²) >= 11 is 0. The quantitative estimate of drug-likeness (QED) is 0.235. The molecule has 0 saturated heterocycles. The molecule has 0 aliphatic rings. The Hall–Kier alpha value is -4.53. The first-order valence-corrected chi connectivity index (χ1v) is 14.2. The van der Waals surface area contributed by atoms with Crippen LogP contribution in [0.25, 0.3) is 0 Å². The lowest BCUT2D eigenvalue weighted by atomic mass is 9.84. The van der Waals surface area contributed by atoms with Gasteiger partial charge in [-0.1, -0.05) is 75.4 Å². The van der Waals surface area contributed by atoms with Crippen LogP contribution in [-0.2, 0) is 43.9 Å². The molecule has 3 aromatic rings. The predicted molar refractivity (Wildman–Crippen MR) is 164 cm³/mol. The zero-order chi connectivity index (χ0) is 31.8. The van der Waals surface area contributed by atoms with Gasteiger partial charge < -0.3 is 30.3 Å². The molecule has 4 N–H and O–H groups in total. The number of benzene rings is 3. The number of alkyl carbamates (subject to hydrolysis) is 1. The van der Waals surface area contributed by atoms with Crippen LogP contribution in [0.4, 0.5) is 4.79 Å². The van der Waals surface area contributed by atoms with Gasteiger partial charge in [0.1, 0.15) is 35.8 Å². The molecule has 2 amide bonds. The number of carbonyl (C=O) groups excluding carboxylic acids is 3. The summed E-state index contributed by atoms with van der Waals surface area (Å²) < 4.78 is 11.0. The zero-order valence-corrected chi connectivity index (χ0v) is 25.6. The Labute approximate surface area is 253 Å². The Balaban J connectivity index is 1.88. The van der Waals surface area contributed by atoms with Crippen molar-refractivity contribution in [1.82, 2.24) is 10.6 Å². The molecule has 0 fully saturated rings. The lowest BCUT2D eigenvalue weighted by molar-refractivity contribution is -0.149. The number of esters is 1. The van der Waals surface area contributed by atoms with E-state index in [0.29, 0.717) is 16.7 Å². The van der Waals surface area contributed by atoms with E-state index in [4.69, 9.17) is 9.47 Å². The van der Waals surface area contributed by atoms with E-state index in [-0.39, 0.29) is 36.4 Å². The average Bonchev–Trinajstić information content (AvgIpc) is 2.92. The summed E-state index contributed by atoms with van der Waals surface area (Å²) in [6.45, 7) is 11.1. The van der Waals surface area contributed by atoms with Crippen LogP contribution < -0.4 is 10.6 Å². The van der Waals surface area contributed by atoms with Crippen molar-refractivity contribution < 1.29 is 34.1 Å². The van der Waals surface area contributed by atoms with E-state index in [1.165, 1.54) is 12.1 Å². The minimum Gasteiger partial charge on any atom is -0.508 e. The van der Waals surface area contributed by atoms with Crippen molar-refractivity contribution in [3.8, 4) is 11.5 Å². The average molecular weight is 591 g/mol. The number of carbonyl (C=O) groups is 3. The molecule has 3 rings (SSSR count). The van der Waals surface area contributed by atoms with Crippen molar-refractivity contribution in [3.05, 3.63) is 95.1 Å². The molecular weight excluding hydrogens is 548 g/mol. The Morgan fingerprint density at radius 3 is 1.95 bits per heavy atom. The molecular formula is C34H42N2O7. The lowest BCUT2D eigenvalue weighted by Crippen LogP contribution is -2.54. The third kappa shape index (κ3) is 10.7. The number of amides is 2. The largest absolute Gasteiger partial charge is 0.508 e. The molecule has 0 aromatic heterocycles. The van der Waals surface area contributed by atoms with Crippen molar-refractivity contribution in [3.63, 3.8) is 0 Å². The molecule has 0 spiro atoms. The number of ether oxygens (including phenoxy) is 2. The number of hydrogen-bond acceptors (Lipinski definition) is 7. The second-order valence-electron chi connectivity index (χ2n) is 12.5. The van der Waals surface area contributed by atoms with Crippen LogP contribution in [0.2, 0.25) is 0 Å². The highest BCUT2D eigenvalue weighted by Gasteiger charge is 2.30. The van der Waals surface area contributed by atoms with E-state index in [9.17, 15) is 24.6 Å². The smallest absolute Gasteiger partial charge is 0.408 e. The van der Waals surface area contributed by atoms with Crippen LogP contribution in [0.1, 0.15) is 63.8 Å². The van der Waals surface area contributed by atoms with Crippen molar-refractivity contribution in [2.24, 2.45) is 0 Å². The maximum Gasteiger partial charge on any atom is 0.408 e. The summed E-state index contributed by atoms with van der Waals surface area (Å²) in [5, 5.41) is 25.5. The van der Waals surface area contributed by atoms with Crippen molar-refractivity contribution in [2.75, 3.05) is 0 Å². The fourth-order valence-corrected chi connectivity index (χ4v) is 4.37. The number of nitrogens with one attached hydrogen (secondary N) is 2. The SMILES string of the molecule is CC(C)(C)OC(=O)NC(Cc1ccc(O)c(C(C)(C)C)c1)C(=O)N[C@@H](Cc1ccc(O)cc1)C(=O)OCc1ccccc1. The van der Waals surface area contributed by atoms with E-state index >= 15 is 0 Å². The van der Waals surface area contributed by atoms with Gasteiger partial charge in [-0.05, 0) is 66.6 Å². The molecule has 43 heavy (non-hydrogen) atoms. The van der Waals surface area contributed by atoms with E-state index in [1.54, 1.807) is 51.1 Å². The minimum absolute atomic E-state index is 0.0182. The van der Waals surface area contributed by atoms with Gasteiger partial charge in [-0.3, -0.25) is 4.79 Å². The fraction of sp³-hybridized carbons (Fsp3) is 0.382. The van der Waals surface area contributed by atoms with Gasteiger partial charge in [-0.15, -0.1) is 0 Å². The third-order valence-electron chi connectivity index (χ3n) is 6.52. The summed E-state index contributed by atoms with van der Waals surface area (Å²) in [6, 6.07) is 18.3. The maximum atomic E-state index is 13.8. The van der Waals surface area contributed by atoms with Crippen LogP contribution in [0.5, 0.6) is 11.5 Å². The molecule has 9 heteroatoms. The molecule has 0 saturated carbocycles. The van der Waals surface area contributed by atoms with Crippen molar-refractivity contribution in [1.29, 1.82) is 0 Å². The number of rotatable bonds is 10. The van der Waals surface area contributed by atoms with Crippen LogP contribution in [-0.4, -0.2) is 45.9 Å². The number of phenols is 2. The molecule has 0 aliphatic heterocycles. The number of aromatic hydroxyl groups is 2. The number of hydrogen-bond donors (Lipinski definition) is 4. The van der Waals surface area contributed by atoms with E-state index in [2.05, 4.69) is 10.6 Å². The molecule has 1 unspecified atom stereocenters. The molecule has 9 nitrogen and oxygen atoms in total. The first kappa shape index (κ1) is 33.0. The summed E-state index contributed by atoms with van der Waals surface area (Å²) in [4.78, 5) is 39.8. The maximum absolute atomic E-state index is 13.8. The van der Waals surface area contributed by atoms with Gasteiger partial charge in [-0.2, -0.15) is 0 Å². The normalized spacial score (nSPS) is 13.0. The zero-order valence-electron chi connectivity index (χ0n) is 25.6. The van der Waals surface area contributed by atoms with Crippen LogP contribution >= 0.6 is 0 Å². The Morgan fingerprint density at radius 1 is 0.744 bits per heavy atom. The standard InChI is InChI=1S/C34H42N2O7/c1-33(2,3)26-18-24(14-17-29(26)38)20-27(36-32(41)43-34(4,5)6)30(39)35-28(19-22-12-15-25(37)16-13-22)31(40)42-21-23-10-8-7-9-11-23/h7-18,27-28,37-38H,19-21H2,1-6H3,(H,35,39)(H,36,41)/t27?,28-/m0/s1. The van der Waals surface area contributed by atoms with Gasteiger partial charge in [0.05, 0.1) is 0 Å². The molecule has 0 radical (unpaired) electrons. The Morgan fingerprint density at radius 2 is 1.35 bits per heavy atom. The molecule has 0 bridgehead atoms. The van der Waals surface area contributed by atoms with Crippen molar-refractivity contribution in [2.45, 2.75) is 84.1 Å². The Bertz CT molecular complexity index is 1390. The second kappa shape index (κ2) is 14.1. The first-order chi connectivity index (χ1) is 20.1. The van der Waals surface area contributed by atoms with E-state index in [1.807, 2.05) is 51.1 Å². The lowest BCUT2D eigenvalue weighted by Gasteiger charge is -2.26. The summed E-state index contributed by atoms with van der Waals surface area (Å²) in [7, 11) is 0. The first-order valence-electron chi connectivity index (χ1n) is 14.2. The third-order valence-corrected chi connectivity index (χ3v) is 6.52. The van der Waals surface area contributed by atoms with E-state index < -0.39 is 35.7 Å². The van der Waals surface area contributed by atoms with Crippen LogP contribution in [0, 0.1) is 0 Å². The molecule has 2 atom stereocenters.